The van der Waals surface area contributed by atoms with Crippen LogP contribution in [0.2, 0.25) is 0 Å². The van der Waals surface area contributed by atoms with E-state index in [4.69, 9.17) is 5.11 Å². The van der Waals surface area contributed by atoms with Crippen LogP contribution in [0.3, 0.4) is 0 Å². The van der Waals surface area contributed by atoms with Gasteiger partial charge in [0.2, 0.25) is 0 Å². The topological polar surface area (TPSA) is 23.5 Å². The zero-order chi connectivity index (χ0) is 36.4. The van der Waals surface area contributed by atoms with Gasteiger partial charge in [-0.05, 0) is 99.3 Å². The first-order chi connectivity index (χ1) is 24.7. The summed E-state index contributed by atoms with van der Waals surface area (Å²) in [5, 5.41) is 9.12. The lowest BCUT2D eigenvalue weighted by molar-refractivity contribution is 0.289. The lowest BCUT2D eigenvalue weighted by Crippen LogP contribution is -2.26. The average Bonchev–Trinajstić information content (AvgIpc) is 3.13. The maximum Gasteiger partial charge on any atom is 0.104 e. The molecule has 0 saturated carbocycles. The van der Waals surface area contributed by atoms with Gasteiger partial charge in [-0.1, -0.05) is 181 Å². The Hall–Kier alpha value is 0.180. The van der Waals surface area contributed by atoms with Crippen LogP contribution in [0.1, 0.15) is 220 Å². The number of unbranched alkanes of at least 4 members (excludes halogenated alkanes) is 20. The Morgan fingerprint density at radius 3 is 1.18 bits per heavy atom. The van der Waals surface area contributed by atoms with Gasteiger partial charge in [0.05, 0.1) is 6.54 Å². The van der Waals surface area contributed by atoms with Gasteiger partial charge in [0.15, 0.2) is 0 Å². The van der Waals surface area contributed by atoms with E-state index in [0.717, 1.165) is 18.4 Å². The molecule has 0 rings (SSSR count). The van der Waals surface area contributed by atoms with Gasteiger partial charge in [0, 0.05) is 0 Å². The molecule has 0 saturated heterocycles. The molecule has 0 aromatic rings. The minimum absolute atomic E-state index is 0.0121. The maximum atomic E-state index is 9.12. The fourth-order valence-electron chi connectivity index (χ4n) is 7.17. The molecule has 298 valence electrons. The van der Waals surface area contributed by atoms with Gasteiger partial charge in [0.1, 0.15) is 6.61 Å². The maximum absolute atomic E-state index is 9.12. The van der Waals surface area contributed by atoms with E-state index >= 15 is 0 Å². The predicted molar refractivity (Wildman–Crippen MR) is 234 cm³/mol. The van der Waals surface area contributed by atoms with Crippen molar-refractivity contribution in [2.75, 3.05) is 49.3 Å². The van der Waals surface area contributed by atoms with Crippen LogP contribution in [-0.4, -0.2) is 59.3 Å². The molecule has 0 aliphatic rings. The second kappa shape index (κ2) is 43.6. The van der Waals surface area contributed by atoms with Crippen molar-refractivity contribution < 1.29 is 5.11 Å². The number of hydrogen-bond acceptors (Lipinski definition) is 4. The van der Waals surface area contributed by atoms with Crippen molar-refractivity contribution in [3.63, 3.8) is 0 Å². The molecular weight excluding hydrogens is 647 g/mol. The van der Waals surface area contributed by atoms with E-state index < -0.39 is 0 Å². The molecule has 0 amide bonds. The van der Waals surface area contributed by atoms with Crippen LogP contribution in [0.25, 0.3) is 0 Å². The molecule has 0 radical (unpaired) electrons. The van der Waals surface area contributed by atoms with Crippen molar-refractivity contribution in [3.05, 3.63) is 0 Å². The van der Waals surface area contributed by atoms with Crippen LogP contribution >= 0.6 is 23.5 Å². The highest BCUT2D eigenvalue weighted by atomic mass is 32.2. The lowest BCUT2D eigenvalue weighted by Gasteiger charge is -2.19. The van der Waals surface area contributed by atoms with Crippen molar-refractivity contribution in [1.82, 2.24) is 4.90 Å². The highest BCUT2D eigenvalue weighted by molar-refractivity contribution is 7.99. The minimum Gasteiger partial charge on any atom is -0.384 e. The largest absolute Gasteiger partial charge is 0.384 e. The lowest BCUT2D eigenvalue weighted by atomic mass is 9.97. The summed E-state index contributed by atoms with van der Waals surface area (Å²) in [5.74, 6) is 13.6. The van der Waals surface area contributed by atoms with Gasteiger partial charge in [-0.15, -0.1) is 0 Å². The third kappa shape index (κ3) is 37.9. The molecule has 0 aliphatic heterocycles. The third-order valence-corrected chi connectivity index (χ3v) is 13.2. The van der Waals surface area contributed by atoms with E-state index in [2.05, 4.69) is 68.0 Å². The number of aliphatic hydroxyl groups excluding tert-OH is 1. The summed E-state index contributed by atoms with van der Waals surface area (Å²) in [6, 6.07) is 0. The molecule has 2 atom stereocenters. The number of aliphatic hydroxyl groups is 1. The molecular formula is C46H91NOS2. The third-order valence-electron chi connectivity index (χ3n) is 10.6. The Kier molecular flexibility index (Phi) is 43.7. The van der Waals surface area contributed by atoms with E-state index in [1.54, 1.807) is 0 Å². The van der Waals surface area contributed by atoms with Gasteiger partial charge in [0.25, 0.3) is 0 Å². The van der Waals surface area contributed by atoms with Crippen LogP contribution in [0.4, 0.5) is 0 Å². The Labute approximate surface area is 325 Å². The first-order valence-electron chi connectivity index (χ1n) is 22.7. The number of rotatable bonds is 41. The minimum atomic E-state index is -0.0121. The predicted octanol–water partition coefficient (Wildman–Crippen LogP) is 14.8. The van der Waals surface area contributed by atoms with E-state index in [1.165, 1.54) is 229 Å². The van der Waals surface area contributed by atoms with Crippen molar-refractivity contribution in [2.24, 2.45) is 11.8 Å². The summed E-state index contributed by atoms with van der Waals surface area (Å²) in [6.07, 6.45) is 42.1. The molecule has 50 heavy (non-hydrogen) atoms. The van der Waals surface area contributed by atoms with E-state index in [9.17, 15) is 0 Å². The van der Waals surface area contributed by atoms with Crippen LogP contribution < -0.4 is 0 Å². The number of hydrogen-bond donors (Lipinski definition) is 1. The molecule has 4 heteroatoms. The van der Waals surface area contributed by atoms with Crippen molar-refractivity contribution in [1.29, 1.82) is 0 Å². The average molecular weight is 738 g/mol. The Balaban J connectivity index is 3.87. The molecule has 1 N–H and O–H groups in total. The summed E-state index contributed by atoms with van der Waals surface area (Å²) >= 11 is 4.49. The van der Waals surface area contributed by atoms with Gasteiger partial charge < -0.3 is 5.11 Å². The zero-order valence-electron chi connectivity index (χ0n) is 34.7. The van der Waals surface area contributed by atoms with Crippen LogP contribution in [-0.2, 0) is 0 Å². The molecule has 2 nitrogen and oxygen atoms in total. The SMILES string of the molecule is CCCCCCC(CCCC)CSCCCCCCCCCN(CC#CCO)CCCCCCCCCSCC(CCCC)CCCCCC. The van der Waals surface area contributed by atoms with Gasteiger partial charge >= 0.3 is 0 Å². The molecule has 0 heterocycles. The summed E-state index contributed by atoms with van der Waals surface area (Å²) in [5.41, 5.74) is 0. The van der Waals surface area contributed by atoms with Crippen molar-refractivity contribution >= 4 is 23.5 Å². The van der Waals surface area contributed by atoms with Gasteiger partial charge in [-0.25, -0.2) is 0 Å². The smallest absolute Gasteiger partial charge is 0.104 e. The first-order valence-corrected chi connectivity index (χ1v) is 25.0. The fraction of sp³-hybridized carbons (Fsp3) is 0.957. The summed E-state index contributed by atoms with van der Waals surface area (Å²) in [7, 11) is 0. The molecule has 0 bridgehead atoms. The van der Waals surface area contributed by atoms with Gasteiger partial charge in [-0.2, -0.15) is 23.5 Å². The zero-order valence-corrected chi connectivity index (χ0v) is 36.4. The Bertz CT molecular complexity index is 645. The number of thioether (sulfide) groups is 2. The monoisotopic (exact) mass is 738 g/mol. The highest BCUT2D eigenvalue weighted by Crippen LogP contribution is 2.24. The Morgan fingerprint density at radius 2 is 0.780 bits per heavy atom. The summed E-state index contributed by atoms with van der Waals surface area (Å²) in [6.45, 7) is 12.5. The van der Waals surface area contributed by atoms with Crippen LogP contribution in [0, 0.1) is 23.7 Å². The first kappa shape index (κ1) is 50.2. The summed E-state index contributed by atoms with van der Waals surface area (Å²) < 4.78 is 0. The van der Waals surface area contributed by atoms with E-state index in [1.807, 2.05) is 0 Å². The van der Waals surface area contributed by atoms with Crippen LogP contribution in [0.5, 0.6) is 0 Å². The Morgan fingerprint density at radius 1 is 0.420 bits per heavy atom. The second-order valence-electron chi connectivity index (χ2n) is 15.6. The molecule has 0 spiro atoms. The van der Waals surface area contributed by atoms with Gasteiger partial charge in [-0.3, -0.25) is 4.90 Å². The summed E-state index contributed by atoms with van der Waals surface area (Å²) in [4.78, 5) is 2.55. The van der Waals surface area contributed by atoms with Crippen LogP contribution in [0.15, 0.2) is 0 Å². The highest BCUT2D eigenvalue weighted by Gasteiger charge is 2.10. The molecule has 0 aromatic carbocycles. The standard InChI is InChI=1S/C46H91NOS2/c1-5-9-13-25-35-45(33-11-7-3)43-49-41-31-23-19-15-17-21-27-37-47(39-29-30-40-48)38-28-22-18-16-20-24-32-42-50-44-46(34-12-8-4)36-26-14-10-6-2/h45-46,48H,5-28,31-44H2,1-4H3. The molecule has 0 aliphatic carbocycles. The van der Waals surface area contributed by atoms with E-state index in [-0.39, 0.29) is 6.61 Å². The molecule has 2 unspecified atom stereocenters. The quantitative estimate of drug-likeness (QED) is 0.0498. The second-order valence-corrected chi connectivity index (χ2v) is 17.9. The molecule has 0 fully saturated rings. The normalized spacial score (nSPS) is 12.8. The molecule has 0 aromatic heterocycles. The fourth-order valence-corrected chi connectivity index (χ4v) is 9.65. The van der Waals surface area contributed by atoms with Crippen molar-refractivity contribution in [3.8, 4) is 11.8 Å². The number of nitrogens with zero attached hydrogens (tertiary/aromatic N) is 1. The van der Waals surface area contributed by atoms with Crippen molar-refractivity contribution in [2.45, 2.75) is 220 Å². The van der Waals surface area contributed by atoms with E-state index in [0.29, 0.717) is 0 Å².